The van der Waals surface area contributed by atoms with Crippen LogP contribution in [0.15, 0.2) is 24.3 Å². The summed E-state index contributed by atoms with van der Waals surface area (Å²) in [5, 5.41) is 11.2. The van der Waals surface area contributed by atoms with Gasteiger partial charge in [0, 0.05) is 12.2 Å². The maximum atomic E-state index is 12.3. The number of hydrogen-bond acceptors (Lipinski definition) is 4. The minimum Gasteiger partial charge on any atom is -0.481 e. The highest BCUT2D eigenvalue weighted by atomic mass is 32.2. The van der Waals surface area contributed by atoms with Gasteiger partial charge in [-0.15, -0.1) is 11.8 Å². The molecule has 22 heavy (non-hydrogen) atoms. The third kappa shape index (κ3) is 4.24. The van der Waals surface area contributed by atoms with Gasteiger partial charge >= 0.3 is 5.97 Å². The van der Waals surface area contributed by atoms with Crippen LogP contribution in [-0.2, 0) is 14.4 Å². The molecule has 7 heteroatoms. The van der Waals surface area contributed by atoms with E-state index in [0.717, 1.165) is 23.0 Å². The molecule has 2 amide bonds. The summed E-state index contributed by atoms with van der Waals surface area (Å²) in [6.07, 6.45) is 0.558. The molecular weight excluding hydrogens is 304 g/mol. The van der Waals surface area contributed by atoms with Crippen molar-refractivity contribution < 1.29 is 19.5 Å². The predicted octanol–water partition coefficient (Wildman–Crippen LogP) is 1.03. The molecule has 0 radical (unpaired) electrons. The van der Waals surface area contributed by atoms with Gasteiger partial charge in [-0.05, 0) is 25.5 Å². The largest absolute Gasteiger partial charge is 0.481 e. The Labute approximate surface area is 132 Å². The summed E-state index contributed by atoms with van der Waals surface area (Å²) in [7, 11) is 0. The van der Waals surface area contributed by atoms with Gasteiger partial charge in [0.1, 0.15) is 6.04 Å². The quantitative estimate of drug-likeness (QED) is 0.817. The Balaban J connectivity index is 1.87. The maximum absolute atomic E-state index is 12.3. The lowest BCUT2D eigenvalue weighted by molar-refractivity contribution is -0.133. The van der Waals surface area contributed by atoms with Gasteiger partial charge in [-0.25, -0.2) is 0 Å². The average Bonchev–Trinajstić information content (AvgIpc) is 2.81. The number of anilines is 1. The molecule has 1 atom stereocenters. The Morgan fingerprint density at radius 3 is 2.64 bits per heavy atom. The fourth-order valence-corrected chi connectivity index (χ4v) is 2.81. The number of nitrogens with one attached hydrogen (secondary N) is 1. The standard InChI is InChI=1S/C15H18N2O4S/c1-10-2-4-11(5-3-10)17-7-6-12(15(17)21)16-13(18)8-22-9-14(19)20/h2-5,12H,6-9H2,1H3,(H,16,18)(H,19,20). The Kier molecular flexibility index (Phi) is 5.43. The number of carbonyl (C=O) groups excluding carboxylic acids is 2. The molecule has 0 spiro atoms. The molecule has 1 heterocycles. The number of hydrogen-bond donors (Lipinski definition) is 2. The van der Waals surface area contributed by atoms with Crippen molar-refractivity contribution in [2.45, 2.75) is 19.4 Å². The van der Waals surface area contributed by atoms with E-state index in [2.05, 4.69) is 5.32 Å². The summed E-state index contributed by atoms with van der Waals surface area (Å²) in [6.45, 7) is 2.54. The number of aryl methyl sites for hydroxylation is 1. The number of carboxylic acids is 1. The van der Waals surface area contributed by atoms with Crippen molar-refractivity contribution in [2.75, 3.05) is 23.0 Å². The topological polar surface area (TPSA) is 86.7 Å². The first-order chi connectivity index (χ1) is 10.5. The van der Waals surface area contributed by atoms with Crippen LogP contribution in [0.25, 0.3) is 0 Å². The number of thioether (sulfide) groups is 1. The summed E-state index contributed by atoms with van der Waals surface area (Å²) < 4.78 is 0. The van der Waals surface area contributed by atoms with Crippen molar-refractivity contribution in [1.29, 1.82) is 0 Å². The van der Waals surface area contributed by atoms with Gasteiger partial charge in [0.05, 0.1) is 11.5 Å². The summed E-state index contributed by atoms with van der Waals surface area (Å²) >= 11 is 1.02. The third-order valence-electron chi connectivity index (χ3n) is 3.35. The zero-order valence-corrected chi connectivity index (χ0v) is 13.1. The summed E-state index contributed by atoms with van der Waals surface area (Å²) in [5.41, 5.74) is 1.95. The van der Waals surface area contributed by atoms with Gasteiger partial charge in [0.25, 0.3) is 0 Å². The van der Waals surface area contributed by atoms with E-state index in [-0.39, 0.29) is 23.3 Å². The lowest BCUT2D eigenvalue weighted by Gasteiger charge is -2.17. The van der Waals surface area contributed by atoms with Gasteiger partial charge in [0.2, 0.25) is 11.8 Å². The van der Waals surface area contributed by atoms with Crippen LogP contribution in [0.1, 0.15) is 12.0 Å². The molecule has 1 fully saturated rings. The predicted molar refractivity (Wildman–Crippen MR) is 85.0 cm³/mol. The van der Waals surface area contributed by atoms with Crippen LogP contribution in [0.3, 0.4) is 0 Å². The Hall–Kier alpha value is -2.02. The second-order valence-electron chi connectivity index (χ2n) is 5.12. The Bertz CT molecular complexity index is 573. The van der Waals surface area contributed by atoms with Gasteiger partial charge in [-0.3, -0.25) is 14.4 Å². The van der Waals surface area contributed by atoms with E-state index in [4.69, 9.17) is 5.11 Å². The zero-order valence-electron chi connectivity index (χ0n) is 12.2. The van der Waals surface area contributed by atoms with Crippen LogP contribution in [0.4, 0.5) is 5.69 Å². The fourth-order valence-electron chi connectivity index (χ4n) is 2.26. The van der Waals surface area contributed by atoms with Gasteiger partial charge in [-0.2, -0.15) is 0 Å². The Morgan fingerprint density at radius 1 is 1.32 bits per heavy atom. The first kappa shape index (κ1) is 16.4. The van der Waals surface area contributed by atoms with Crippen LogP contribution in [0, 0.1) is 6.92 Å². The van der Waals surface area contributed by atoms with E-state index in [0.29, 0.717) is 13.0 Å². The molecule has 1 saturated heterocycles. The molecule has 0 aromatic heterocycles. The molecule has 2 rings (SSSR count). The lowest BCUT2D eigenvalue weighted by Crippen LogP contribution is -2.42. The molecular formula is C15H18N2O4S. The van der Waals surface area contributed by atoms with Gasteiger partial charge in [-0.1, -0.05) is 17.7 Å². The van der Waals surface area contributed by atoms with E-state index in [9.17, 15) is 14.4 Å². The minimum atomic E-state index is -0.958. The third-order valence-corrected chi connectivity index (χ3v) is 4.26. The molecule has 1 aromatic carbocycles. The number of benzene rings is 1. The molecule has 2 N–H and O–H groups in total. The number of carbonyl (C=O) groups is 3. The number of carboxylic acid groups (broad SMARTS) is 1. The van der Waals surface area contributed by atoms with Crippen molar-refractivity contribution in [3.8, 4) is 0 Å². The SMILES string of the molecule is Cc1ccc(N2CCC(NC(=O)CSCC(=O)O)C2=O)cc1. The van der Waals surface area contributed by atoms with Crippen molar-refractivity contribution in [2.24, 2.45) is 0 Å². The van der Waals surface area contributed by atoms with Crippen molar-refractivity contribution in [1.82, 2.24) is 5.32 Å². The summed E-state index contributed by atoms with van der Waals surface area (Å²) in [4.78, 5) is 36.1. The second-order valence-corrected chi connectivity index (χ2v) is 6.11. The van der Waals surface area contributed by atoms with E-state index in [1.54, 1.807) is 4.90 Å². The summed E-state index contributed by atoms with van der Waals surface area (Å²) in [6, 6.07) is 7.13. The molecule has 118 valence electrons. The monoisotopic (exact) mass is 322 g/mol. The van der Waals surface area contributed by atoms with E-state index in [1.165, 1.54) is 0 Å². The van der Waals surface area contributed by atoms with Gasteiger partial charge < -0.3 is 15.3 Å². The smallest absolute Gasteiger partial charge is 0.313 e. The number of amides is 2. The first-order valence-corrected chi connectivity index (χ1v) is 8.10. The van der Waals surface area contributed by atoms with Gasteiger partial charge in [0.15, 0.2) is 0 Å². The minimum absolute atomic E-state index is 0.0423. The second kappa shape index (κ2) is 7.31. The van der Waals surface area contributed by atoms with E-state index >= 15 is 0 Å². The highest BCUT2D eigenvalue weighted by molar-refractivity contribution is 8.00. The molecule has 0 saturated carbocycles. The number of aliphatic carboxylic acids is 1. The van der Waals surface area contributed by atoms with Crippen LogP contribution in [-0.4, -0.2) is 47.0 Å². The van der Waals surface area contributed by atoms with Crippen molar-refractivity contribution in [3.63, 3.8) is 0 Å². The molecule has 0 aliphatic carbocycles. The molecule has 6 nitrogen and oxygen atoms in total. The lowest BCUT2D eigenvalue weighted by atomic mass is 10.2. The molecule has 1 aliphatic rings. The van der Waals surface area contributed by atoms with E-state index in [1.807, 2.05) is 31.2 Å². The van der Waals surface area contributed by atoms with Crippen molar-refractivity contribution in [3.05, 3.63) is 29.8 Å². The van der Waals surface area contributed by atoms with Crippen LogP contribution in [0.5, 0.6) is 0 Å². The highest BCUT2D eigenvalue weighted by Gasteiger charge is 2.33. The summed E-state index contributed by atoms with van der Waals surface area (Å²) in [5.74, 6) is -1.47. The van der Waals surface area contributed by atoms with Crippen LogP contribution < -0.4 is 10.2 Å². The zero-order chi connectivity index (χ0) is 16.1. The number of nitrogens with zero attached hydrogens (tertiary/aromatic N) is 1. The average molecular weight is 322 g/mol. The molecule has 1 aromatic rings. The highest BCUT2D eigenvalue weighted by Crippen LogP contribution is 2.22. The Morgan fingerprint density at radius 2 is 2.00 bits per heavy atom. The molecule has 1 aliphatic heterocycles. The first-order valence-electron chi connectivity index (χ1n) is 6.94. The number of rotatable bonds is 6. The molecule has 0 bridgehead atoms. The van der Waals surface area contributed by atoms with Crippen LogP contribution >= 0.6 is 11.8 Å². The molecule has 1 unspecified atom stereocenters. The fraction of sp³-hybridized carbons (Fsp3) is 0.400. The normalized spacial score (nSPS) is 17.6. The van der Waals surface area contributed by atoms with E-state index < -0.39 is 12.0 Å². The van der Waals surface area contributed by atoms with Crippen molar-refractivity contribution >= 4 is 35.2 Å². The maximum Gasteiger partial charge on any atom is 0.313 e. The van der Waals surface area contributed by atoms with Crippen LogP contribution in [0.2, 0.25) is 0 Å².